The lowest BCUT2D eigenvalue weighted by atomic mass is 11.1. The SMILES string of the molecule is O=C1NC=[N+]O1. The molecule has 0 saturated heterocycles. The standard InChI is InChI=1S/C2H2N2O2/c5-2-3-1-4-6-2/h1H,(H,3,5)/q+1. The van der Waals surface area contributed by atoms with Gasteiger partial charge >= 0.3 is 12.4 Å². The summed E-state index contributed by atoms with van der Waals surface area (Å²) in [6.45, 7) is 0. The van der Waals surface area contributed by atoms with Crippen LogP contribution in [0.5, 0.6) is 0 Å². The monoisotopic (exact) mass is 86.0 g/mol. The van der Waals surface area contributed by atoms with Crippen LogP contribution in [0.1, 0.15) is 0 Å². The lowest BCUT2D eigenvalue weighted by Gasteiger charge is -1.64. The number of rotatable bonds is 0. The van der Waals surface area contributed by atoms with Gasteiger partial charge in [-0.05, 0) is 0 Å². The topological polar surface area (TPSA) is 52.4 Å². The largest absolute Gasteiger partial charge is 0.551 e. The third kappa shape index (κ3) is 0.314. The molecule has 1 N–H and O–H groups in total. The number of hydrogen-bond acceptors (Lipinski definition) is 3. The van der Waals surface area contributed by atoms with Gasteiger partial charge in [0.1, 0.15) is 0 Å². The first-order valence-electron chi connectivity index (χ1n) is 1.39. The van der Waals surface area contributed by atoms with Crippen LogP contribution in [0.4, 0.5) is 4.79 Å². The van der Waals surface area contributed by atoms with Crippen LogP contribution in [-0.4, -0.2) is 12.4 Å². The van der Waals surface area contributed by atoms with Gasteiger partial charge in [-0.1, -0.05) is 0 Å². The van der Waals surface area contributed by atoms with E-state index in [-0.39, 0.29) is 0 Å². The first-order chi connectivity index (χ1) is 2.89. The molecule has 1 radical (unpaired) electrons. The van der Waals surface area contributed by atoms with Crippen molar-refractivity contribution in [3.8, 4) is 0 Å². The second-order valence-electron chi connectivity index (χ2n) is 0.758. The Labute approximate surface area is 33.8 Å². The smallest absolute Gasteiger partial charge is 0.196 e. The third-order valence-corrected chi connectivity index (χ3v) is 0.371. The molecule has 0 fully saturated rings. The Bertz CT molecular complexity index is 87.7. The van der Waals surface area contributed by atoms with E-state index < -0.39 is 6.09 Å². The second-order valence-corrected chi connectivity index (χ2v) is 0.758. The van der Waals surface area contributed by atoms with E-state index in [1.807, 2.05) is 0 Å². The molecule has 1 aliphatic rings. The minimum atomic E-state index is -0.519. The molecular weight excluding hydrogens is 84.0 g/mol. The van der Waals surface area contributed by atoms with E-state index in [4.69, 9.17) is 0 Å². The van der Waals surface area contributed by atoms with Crippen LogP contribution in [-0.2, 0) is 4.84 Å². The molecule has 4 heteroatoms. The van der Waals surface area contributed by atoms with Crippen molar-refractivity contribution >= 4 is 12.4 Å². The number of amides is 1. The highest BCUT2D eigenvalue weighted by atomic mass is 16.7. The highest BCUT2D eigenvalue weighted by Gasteiger charge is 2.14. The Kier molecular flexibility index (Phi) is 0.506. The lowest BCUT2D eigenvalue weighted by molar-refractivity contribution is 0.146. The summed E-state index contributed by atoms with van der Waals surface area (Å²) in [7, 11) is 0. The van der Waals surface area contributed by atoms with Crippen molar-refractivity contribution in [2.24, 2.45) is 0 Å². The minimum Gasteiger partial charge on any atom is -0.196 e. The Morgan fingerprint density at radius 3 is 3.00 bits per heavy atom. The van der Waals surface area contributed by atoms with Crippen molar-refractivity contribution in [3.63, 3.8) is 0 Å². The summed E-state index contributed by atoms with van der Waals surface area (Å²) in [5.74, 6) is 0. The number of hydrogen-bond donors (Lipinski definition) is 1. The van der Waals surface area contributed by atoms with E-state index in [0.717, 1.165) is 0 Å². The third-order valence-electron chi connectivity index (χ3n) is 0.371. The van der Waals surface area contributed by atoms with Gasteiger partial charge in [0, 0.05) is 0 Å². The lowest BCUT2D eigenvalue weighted by Crippen LogP contribution is -2.12. The molecule has 1 amide bonds. The Balaban J connectivity index is 2.52. The summed E-state index contributed by atoms with van der Waals surface area (Å²) in [6, 6.07) is 0. The fraction of sp³-hybridized carbons (Fsp3) is 0. The van der Waals surface area contributed by atoms with E-state index in [1.165, 1.54) is 6.34 Å². The van der Waals surface area contributed by atoms with Gasteiger partial charge in [0.25, 0.3) is 0 Å². The zero-order chi connectivity index (χ0) is 4.41. The molecular formula is C2H2N2O2+. The Morgan fingerprint density at radius 2 is 2.83 bits per heavy atom. The molecule has 0 aromatic heterocycles. The minimum absolute atomic E-state index is 0.519. The molecule has 6 heavy (non-hydrogen) atoms. The van der Waals surface area contributed by atoms with Crippen molar-refractivity contribution in [1.82, 2.24) is 10.5 Å². The first-order valence-corrected chi connectivity index (χ1v) is 1.39. The van der Waals surface area contributed by atoms with Crippen molar-refractivity contribution in [3.05, 3.63) is 0 Å². The maximum absolute atomic E-state index is 9.78. The van der Waals surface area contributed by atoms with Crippen molar-refractivity contribution in [2.45, 2.75) is 0 Å². The van der Waals surface area contributed by atoms with Gasteiger partial charge < -0.3 is 0 Å². The van der Waals surface area contributed by atoms with E-state index >= 15 is 0 Å². The molecule has 0 saturated carbocycles. The van der Waals surface area contributed by atoms with Gasteiger partial charge in [0.05, 0.1) is 0 Å². The van der Waals surface area contributed by atoms with Crippen LogP contribution in [0, 0.1) is 0 Å². The number of nitrogens with zero attached hydrogens (tertiary/aromatic N) is 1. The van der Waals surface area contributed by atoms with Gasteiger partial charge in [-0.25, -0.2) is 0 Å². The van der Waals surface area contributed by atoms with Crippen LogP contribution < -0.4 is 10.5 Å². The van der Waals surface area contributed by atoms with Gasteiger partial charge in [-0.2, -0.15) is 14.9 Å². The van der Waals surface area contributed by atoms with Crippen LogP contribution in [0.3, 0.4) is 0 Å². The van der Waals surface area contributed by atoms with Crippen molar-refractivity contribution in [2.75, 3.05) is 0 Å². The van der Waals surface area contributed by atoms with E-state index in [9.17, 15) is 4.79 Å². The Morgan fingerprint density at radius 1 is 2.00 bits per heavy atom. The molecule has 1 aliphatic heterocycles. The average Bonchev–Trinajstić information content (AvgIpc) is 1.86. The molecule has 0 bridgehead atoms. The molecule has 0 spiro atoms. The molecule has 1 rings (SSSR count). The van der Waals surface area contributed by atoms with E-state index in [0.29, 0.717) is 0 Å². The van der Waals surface area contributed by atoms with Crippen molar-refractivity contribution in [1.29, 1.82) is 0 Å². The molecule has 4 nitrogen and oxygen atoms in total. The molecule has 0 aromatic carbocycles. The predicted molar refractivity (Wildman–Crippen MR) is 17.8 cm³/mol. The molecule has 1 heterocycles. The van der Waals surface area contributed by atoms with E-state index in [2.05, 4.69) is 15.3 Å². The number of carbonyl (C=O) groups is 1. The zero-order valence-electron chi connectivity index (χ0n) is 2.84. The normalized spacial score (nSPS) is 17.0. The molecule has 0 atom stereocenters. The second kappa shape index (κ2) is 0.965. The highest BCUT2D eigenvalue weighted by molar-refractivity contribution is 5.84. The number of carbonyl (C=O) groups excluding carboxylic acids is 1. The summed E-state index contributed by atoms with van der Waals surface area (Å²) in [5, 5.41) is 5.25. The number of oxime groups is 1. The molecule has 0 unspecified atom stereocenters. The zero-order valence-corrected chi connectivity index (χ0v) is 2.84. The molecule has 0 aromatic rings. The van der Waals surface area contributed by atoms with Crippen LogP contribution in [0.15, 0.2) is 0 Å². The van der Waals surface area contributed by atoms with Crippen molar-refractivity contribution < 1.29 is 9.63 Å². The molecule has 0 aliphatic carbocycles. The fourth-order valence-electron chi connectivity index (χ4n) is 0.180. The van der Waals surface area contributed by atoms with Crippen LogP contribution >= 0.6 is 0 Å². The van der Waals surface area contributed by atoms with E-state index in [1.54, 1.807) is 0 Å². The summed E-state index contributed by atoms with van der Waals surface area (Å²) < 4.78 is 0. The molecule has 31 valence electrons. The first kappa shape index (κ1) is 3.14. The summed E-state index contributed by atoms with van der Waals surface area (Å²) in [5.41, 5.74) is 0. The number of nitrogens with one attached hydrogen (secondary N) is 1. The van der Waals surface area contributed by atoms with Gasteiger partial charge in [-0.15, -0.1) is 0 Å². The summed E-state index contributed by atoms with van der Waals surface area (Å²) in [6.07, 6.45) is 0.664. The maximum atomic E-state index is 9.78. The fourth-order valence-corrected chi connectivity index (χ4v) is 0.180. The quantitative estimate of drug-likeness (QED) is 0.384. The van der Waals surface area contributed by atoms with Gasteiger partial charge in [0.2, 0.25) is 0 Å². The van der Waals surface area contributed by atoms with Gasteiger partial charge in [-0.3, -0.25) is 0 Å². The van der Waals surface area contributed by atoms with Crippen LogP contribution in [0.25, 0.3) is 0 Å². The average molecular weight is 86.0 g/mol. The summed E-state index contributed by atoms with van der Waals surface area (Å²) >= 11 is 0. The maximum Gasteiger partial charge on any atom is 0.551 e. The summed E-state index contributed by atoms with van der Waals surface area (Å²) in [4.78, 5) is 13.8. The predicted octanol–water partition coefficient (Wildman–Crippen LogP) is -0.995. The van der Waals surface area contributed by atoms with Gasteiger partial charge in [0.15, 0.2) is 5.16 Å². The Hall–Kier alpha value is -1.06. The van der Waals surface area contributed by atoms with Crippen LogP contribution in [0.2, 0.25) is 0 Å². The highest BCUT2D eigenvalue weighted by Crippen LogP contribution is 1.69.